The van der Waals surface area contributed by atoms with Crippen LogP contribution in [-0.2, 0) is 13.1 Å². The number of ether oxygens (including phenoxy) is 2. The van der Waals surface area contributed by atoms with Crippen LogP contribution in [0.2, 0.25) is 0 Å². The summed E-state index contributed by atoms with van der Waals surface area (Å²) in [6.07, 6.45) is 1.91. The van der Waals surface area contributed by atoms with Crippen molar-refractivity contribution in [3.8, 4) is 11.5 Å². The summed E-state index contributed by atoms with van der Waals surface area (Å²) in [5.74, 6) is 2.44. The van der Waals surface area contributed by atoms with Gasteiger partial charge in [-0.15, -0.1) is 34.2 Å². The Balaban J connectivity index is 0.00000243. The maximum atomic E-state index is 5.93. The van der Waals surface area contributed by atoms with Crippen molar-refractivity contribution in [2.24, 2.45) is 10.7 Å². The second kappa shape index (κ2) is 9.22. The Hall–Kier alpha value is -2.56. The molecule has 0 saturated carbocycles. The Morgan fingerprint density at radius 2 is 1.96 bits per heavy atom. The van der Waals surface area contributed by atoms with E-state index in [1.165, 1.54) is 0 Å². The van der Waals surface area contributed by atoms with Crippen LogP contribution in [0.5, 0.6) is 11.5 Å². The molecule has 3 rings (SSSR count). The smallest absolute Gasteiger partial charge is 0.189 e. The van der Waals surface area contributed by atoms with E-state index in [-0.39, 0.29) is 24.0 Å². The van der Waals surface area contributed by atoms with E-state index in [0.29, 0.717) is 30.5 Å². The van der Waals surface area contributed by atoms with Crippen LogP contribution in [0.1, 0.15) is 11.4 Å². The maximum Gasteiger partial charge on any atom is 0.189 e. The summed E-state index contributed by atoms with van der Waals surface area (Å²) in [6, 6.07) is 11.4. The molecule has 3 aromatic rings. The second-order valence-electron chi connectivity index (χ2n) is 5.29. The van der Waals surface area contributed by atoms with Crippen LogP contribution in [-0.4, -0.2) is 34.8 Å². The summed E-state index contributed by atoms with van der Waals surface area (Å²) >= 11 is 0. The van der Waals surface area contributed by atoms with Crippen LogP contribution < -0.4 is 20.5 Å². The van der Waals surface area contributed by atoms with E-state index in [1.807, 2.05) is 47.0 Å². The molecule has 26 heavy (non-hydrogen) atoms. The van der Waals surface area contributed by atoms with Gasteiger partial charge in [-0.3, -0.25) is 4.40 Å². The number of halogens is 1. The standard InChI is InChI=1S/C17H20N6O2.HI/c1-24-13-7-6-12(9-14(13)25-2)10-19-17(18)20-11-16-22-21-15-5-3-4-8-23(15)16;/h3-9H,10-11H2,1-2H3,(H3,18,19,20);1H. The van der Waals surface area contributed by atoms with Crippen molar-refractivity contribution >= 4 is 35.6 Å². The van der Waals surface area contributed by atoms with E-state index in [9.17, 15) is 0 Å². The zero-order valence-corrected chi connectivity index (χ0v) is 16.9. The van der Waals surface area contributed by atoms with Crippen molar-refractivity contribution < 1.29 is 9.47 Å². The first-order valence-electron chi connectivity index (χ1n) is 7.74. The lowest BCUT2D eigenvalue weighted by Gasteiger charge is -2.09. The predicted molar refractivity (Wildman–Crippen MR) is 110 cm³/mol. The molecule has 9 heteroatoms. The van der Waals surface area contributed by atoms with Gasteiger partial charge < -0.3 is 20.5 Å². The highest BCUT2D eigenvalue weighted by Gasteiger charge is 2.06. The second-order valence-corrected chi connectivity index (χ2v) is 5.29. The number of aliphatic imine (C=N–C) groups is 1. The number of nitrogens with zero attached hydrogens (tertiary/aromatic N) is 4. The summed E-state index contributed by atoms with van der Waals surface area (Å²) in [7, 11) is 3.20. The third-order valence-corrected chi connectivity index (χ3v) is 3.69. The highest BCUT2D eigenvalue weighted by atomic mass is 127. The molecule has 0 bridgehead atoms. The van der Waals surface area contributed by atoms with Gasteiger partial charge >= 0.3 is 0 Å². The number of aromatic nitrogens is 3. The molecule has 2 aromatic heterocycles. The highest BCUT2D eigenvalue weighted by Crippen LogP contribution is 2.27. The number of pyridine rings is 1. The summed E-state index contributed by atoms with van der Waals surface area (Å²) < 4.78 is 12.4. The van der Waals surface area contributed by atoms with E-state index >= 15 is 0 Å². The molecule has 3 N–H and O–H groups in total. The first-order valence-corrected chi connectivity index (χ1v) is 7.74. The summed E-state index contributed by atoms with van der Waals surface area (Å²) in [5, 5.41) is 11.3. The molecular formula is C17H21IN6O2. The molecule has 1 aromatic carbocycles. The van der Waals surface area contributed by atoms with Crippen LogP contribution in [0.15, 0.2) is 47.6 Å². The number of rotatable bonds is 6. The molecule has 138 valence electrons. The summed E-state index contributed by atoms with van der Waals surface area (Å²) in [5.41, 5.74) is 7.69. The van der Waals surface area contributed by atoms with Gasteiger partial charge in [0.05, 0.1) is 27.3 Å². The predicted octanol–water partition coefficient (Wildman–Crippen LogP) is 1.97. The van der Waals surface area contributed by atoms with E-state index in [4.69, 9.17) is 15.2 Å². The number of fused-ring (bicyclic) bond motifs is 1. The molecule has 0 spiro atoms. The number of guanidine groups is 1. The van der Waals surface area contributed by atoms with E-state index < -0.39 is 0 Å². The van der Waals surface area contributed by atoms with Crippen molar-refractivity contribution in [2.75, 3.05) is 14.2 Å². The van der Waals surface area contributed by atoms with Crippen LogP contribution in [0.3, 0.4) is 0 Å². The fourth-order valence-electron chi connectivity index (χ4n) is 2.39. The fraction of sp³-hybridized carbons (Fsp3) is 0.235. The lowest BCUT2D eigenvalue weighted by atomic mass is 10.2. The van der Waals surface area contributed by atoms with Crippen molar-refractivity contribution in [1.82, 2.24) is 19.9 Å². The largest absolute Gasteiger partial charge is 0.493 e. The SMILES string of the molecule is COc1ccc(CN=C(N)NCc2nnc3ccccn23)cc1OC.I. The zero-order chi connectivity index (χ0) is 17.6. The maximum absolute atomic E-state index is 5.93. The lowest BCUT2D eigenvalue weighted by molar-refractivity contribution is 0.354. The number of benzene rings is 1. The minimum Gasteiger partial charge on any atom is -0.493 e. The molecule has 0 amide bonds. The third-order valence-electron chi connectivity index (χ3n) is 3.69. The van der Waals surface area contributed by atoms with Crippen molar-refractivity contribution in [3.05, 3.63) is 54.0 Å². The molecule has 0 fully saturated rings. The van der Waals surface area contributed by atoms with Crippen LogP contribution >= 0.6 is 24.0 Å². The quantitative estimate of drug-likeness (QED) is 0.326. The van der Waals surface area contributed by atoms with Gasteiger partial charge in [-0.2, -0.15) is 0 Å². The number of hydrogen-bond acceptors (Lipinski definition) is 5. The number of nitrogens with two attached hydrogens (primary N) is 1. The first-order chi connectivity index (χ1) is 12.2. The van der Waals surface area contributed by atoms with Gasteiger partial charge in [0.15, 0.2) is 28.9 Å². The molecule has 0 saturated heterocycles. The van der Waals surface area contributed by atoms with Crippen molar-refractivity contribution in [3.63, 3.8) is 0 Å². The Morgan fingerprint density at radius 3 is 2.73 bits per heavy atom. The van der Waals surface area contributed by atoms with Gasteiger partial charge in [0.1, 0.15) is 0 Å². The van der Waals surface area contributed by atoms with Gasteiger partial charge in [0.25, 0.3) is 0 Å². The monoisotopic (exact) mass is 468 g/mol. The van der Waals surface area contributed by atoms with E-state index in [0.717, 1.165) is 17.0 Å². The Kier molecular flexibility index (Phi) is 7.01. The summed E-state index contributed by atoms with van der Waals surface area (Å²) in [6.45, 7) is 0.867. The zero-order valence-electron chi connectivity index (χ0n) is 14.5. The number of methoxy groups -OCH3 is 2. The average Bonchev–Trinajstić information content (AvgIpc) is 3.07. The molecule has 0 unspecified atom stereocenters. The molecule has 0 aliphatic rings. The molecular weight excluding hydrogens is 447 g/mol. The van der Waals surface area contributed by atoms with Crippen LogP contribution in [0.4, 0.5) is 0 Å². The van der Waals surface area contributed by atoms with Crippen LogP contribution in [0, 0.1) is 0 Å². The topological polar surface area (TPSA) is 99.1 Å². The molecule has 0 aliphatic carbocycles. The molecule has 8 nitrogen and oxygen atoms in total. The van der Waals surface area contributed by atoms with Crippen molar-refractivity contribution in [1.29, 1.82) is 0 Å². The minimum atomic E-state index is 0. The van der Waals surface area contributed by atoms with Gasteiger partial charge in [-0.25, -0.2) is 4.99 Å². The Morgan fingerprint density at radius 1 is 1.15 bits per heavy atom. The Labute approximate surface area is 168 Å². The normalized spacial score (nSPS) is 11.1. The van der Waals surface area contributed by atoms with Crippen LogP contribution in [0.25, 0.3) is 5.65 Å². The molecule has 2 heterocycles. The number of nitrogens with one attached hydrogen (secondary N) is 1. The minimum absolute atomic E-state index is 0. The van der Waals surface area contributed by atoms with Gasteiger partial charge in [-0.05, 0) is 29.8 Å². The summed E-state index contributed by atoms with van der Waals surface area (Å²) in [4.78, 5) is 4.33. The fourth-order valence-corrected chi connectivity index (χ4v) is 2.39. The molecule has 0 atom stereocenters. The van der Waals surface area contributed by atoms with Gasteiger partial charge in [-0.1, -0.05) is 12.1 Å². The molecule has 0 aliphatic heterocycles. The molecule has 0 radical (unpaired) electrons. The lowest BCUT2D eigenvalue weighted by Crippen LogP contribution is -2.31. The van der Waals surface area contributed by atoms with Gasteiger partial charge in [0, 0.05) is 6.20 Å². The first kappa shape index (κ1) is 19.8. The van der Waals surface area contributed by atoms with E-state index in [1.54, 1.807) is 14.2 Å². The number of hydrogen-bond donors (Lipinski definition) is 2. The third kappa shape index (κ3) is 4.54. The Bertz CT molecular complexity index is 896. The van der Waals surface area contributed by atoms with E-state index in [2.05, 4.69) is 20.5 Å². The highest BCUT2D eigenvalue weighted by molar-refractivity contribution is 14.0. The van der Waals surface area contributed by atoms with Crippen molar-refractivity contribution in [2.45, 2.75) is 13.1 Å². The average molecular weight is 468 g/mol. The van der Waals surface area contributed by atoms with Gasteiger partial charge in [0.2, 0.25) is 0 Å².